The number of esters is 1. The molecule has 0 bridgehead atoms. The van der Waals surface area contributed by atoms with Crippen molar-refractivity contribution in [2.24, 2.45) is 5.92 Å². The summed E-state index contributed by atoms with van der Waals surface area (Å²) in [6, 6.07) is 5.93. The third kappa shape index (κ3) is 2.07. The quantitative estimate of drug-likeness (QED) is 0.801. The van der Waals surface area contributed by atoms with Crippen LogP contribution in [0.5, 0.6) is 5.75 Å². The van der Waals surface area contributed by atoms with E-state index in [1.807, 2.05) is 18.2 Å². The minimum absolute atomic E-state index is 0.0240. The zero-order valence-electron chi connectivity index (χ0n) is 9.20. The average molecular weight is 285 g/mol. The fourth-order valence-electron chi connectivity index (χ4n) is 1.88. The van der Waals surface area contributed by atoms with Gasteiger partial charge >= 0.3 is 5.97 Å². The number of ether oxygens (including phenoxy) is 2. The lowest BCUT2D eigenvalue weighted by atomic mass is 10.1. The lowest BCUT2D eigenvalue weighted by Gasteiger charge is -2.06. The van der Waals surface area contributed by atoms with Crippen molar-refractivity contribution in [2.75, 3.05) is 14.2 Å². The van der Waals surface area contributed by atoms with Crippen molar-refractivity contribution in [1.29, 1.82) is 0 Å². The van der Waals surface area contributed by atoms with Crippen molar-refractivity contribution in [3.8, 4) is 5.75 Å². The van der Waals surface area contributed by atoms with Gasteiger partial charge in [-0.25, -0.2) is 0 Å². The van der Waals surface area contributed by atoms with Crippen molar-refractivity contribution in [1.82, 2.24) is 0 Å². The van der Waals surface area contributed by atoms with E-state index in [4.69, 9.17) is 9.47 Å². The van der Waals surface area contributed by atoms with Gasteiger partial charge in [0, 0.05) is 0 Å². The molecule has 3 nitrogen and oxygen atoms in total. The summed E-state index contributed by atoms with van der Waals surface area (Å²) in [4.78, 5) is 11.3. The van der Waals surface area contributed by atoms with E-state index in [0.29, 0.717) is 0 Å². The topological polar surface area (TPSA) is 35.5 Å². The molecule has 0 spiro atoms. The molecule has 0 heterocycles. The predicted molar refractivity (Wildman–Crippen MR) is 63.6 cm³/mol. The molecule has 16 heavy (non-hydrogen) atoms. The summed E-state index contributed by atoms with van der Waals surface area (Å²) in [5.41, 5.74) is 1.13. The first-order chi connectivity index (χ1) is 7.67. The number of benzene rings is 1. The maximum absolute atomic E-state index is 11.3. The first-order valence-corrected chi connectivity index (χ1v) is 5.88. The molecule has 1 fully saturated rings. The van der Waals surface area contributed by atoms with Gasteiger partial charge in [-0.05, 0) is 46.0 Å². The second kappa shape index (κ2) is 4.45. The smallest absolute Gasteiger partial charge is 0.309 e. The van der Waals surface area contributed by atoms with E-state index in [1.165, 1.54) is 7.11 Å². The Morgan fingerprint density at radius 3 is 2.81 bits per heavy atom. The highest BCUT2D eigenvalue weighted by molar-refractivity contribution is 9.10. The molecule has 4 heteroatoms. The Morgan fingerprint density at radius 2 is 2.19 bits per heavy atom. The monoisotopic (exact) mass is 284 g/mol. The molecule has 1 aliphatic rings. The summed E-state index contributed by atoms with van der Waals surface area (Å²) >= 11 is 3.40. The van der Waals surface area contributed by atoms with Crippen LogP contribution < -0.4 is 4.74 Å². The SMILES string of the molecule is COC(=O)C1CC1c1ccc(Br)c(OC)c1. The number of hydrogen-bond acceptors (Lipinski definition) is 3. The van der Waals surface area contributed by atoms with Gasteiger partial charge in [0.2, 0.25) is 0 Å². The highest BCUT2D eigenvalue weighted by atomic mass is 79.9. The van der Waals surface area contributed by atoms with Crippen molar-refractivity contribution < 1.29 is 14.3 Å². The van der Waals surface area contributed by atoms with Crippen LogP contribution >= 0.6 is 15.9 Å². The van der Waals surface area contributed by atoms with Crippen molar-refractivity contribution in [3.05, 3.63) is 28.2 Å². The highest BCUT2D eigenvalue weighted by Gasteiger charge is 2.45. The van der Waals surface area contributed by atoms with Crippen LogP contribution in [0.25, 0.3) is 0 Å². The molecular formula is C12H13BrO3. The molecule has 0 radical (unpaired) electrons. The predicted octanol–water partition coefficient (Wildman–Crippen LogP) is 2.73. The van der Waals surface area contributed by atoms with Crippen LogP contribution in [0.1, 0.15) is 17.9 Å². The van der Waals surface area contributed by atoms with Crippen LogP contribution in [0.15, 0.2) is 22.7 Å². The Balaban J connectivity index is 2.15. The first-order valence-electron chi connectivity index (χ1n) is 5.08. The summed E-state index contributed by atoms with van der Waals surface area (Å²) in [5.74, 6) is 0.991. The van der Waals surface area contributed by atoms with E-state index in [9.17, 15) is 4.79 Å². The van der Waals surface area contributed by atoms with Gasteiger partial charge < -0.3 is 9.47 Å². The number of carbonyl (C=O) groups is 1. The number of halogens is 1. The lowest BCUT2D eigenvalue weighted by Crippen LogP contribution is -2.03. The molecule has 0 aromatic heterocycles. The summed E-state index contributed by atoms with van der Waals surface area (Å²) in [5, 5.41) is 0. The second-order valence-electron chi connectivity index (χ2n) is 3.87. The van der Waals surface area contributed by atoms with Gasteiger partial charge in [0.25, 0.3) is 0 Å². The number of hydrogen-bond donors (Lipinski definition) is 0. The van der Waals surface area contributed by atoms with E-state index >= 15 is 0 Å². The van der Waals surface area contributed by atoms with Crippen LogP contribution in [0.2, 0.25) is 0 Å². The van der Waals surface area contributed by atoms with Gasteiger partial charge in [-0.15, -0.1) is 0 Å². The largest absolute Gasteiger partial charge is 0.496 e. The van der Waals surface area contributed by atoms with Crippen LogP contribution in [-0.2, 0) is 9.53 Å². The maximum atomic E-state index is 11.3. The Morgan fingerprint density at radius 1 is 1.44 bits per heavy atom. The molecular weight excluding hydrogens is 272 g/mol. The minimum Gasteiger partial charge on any atom is -0.496 e. The Kier molecular flexibility index (Phi) is 3.19. The van der Waals surface area contributed by atoms with E-state index in [-0.39, 0.29) is 17.8 Å². The average Bonchev–Trinajstić information content (AvgIpc) is 3.09. The molecule has 0 saturated heterocycles. The fourth-order valence-corrected chi connectivity index (χ4v) is 2.29. The van der Waals surface area contributed by atoms with Gasteiger partial charge in [-0.1, -0.05) is 6.07 Å². The number of rotatable bonds is 3. The molecule has 2 rings (SSSR count). The molecule has 2 unspecified atom stereocenters. The summed E-state index contributed by atoms with van der Waals surface area (Å²) in [6.45, 7) is 0. The zero-order chi connectivity index (χ0) is 11.7. The van der Waals surface area contributed by atoms with Crippen LogP contribution in [-0.4, -0.2) is 20.2 Å². The second-order valence-corrected chi connectivity index (χ2v) is 4.72. The zero-order valence-corrected chi connectivity index (χ0v) is 10.8. The Hall–Kier alpha value is -1.03. The molecule has 0 aliphatic heterocycles. The summed E-state index contributed by atoms with van der Waals surface area (Å²) in [7, 11) is 3.06. The van der Waals surface area contributed by atoms with Gasteiger partial charge in [0.05, 0.1) is 24.6 Å². The van der Waals surface area contributed by atoms with Gasteiger partial charge in [0.15, 0.2) is 0 Å². The van der Waals surface area contributed by atoms with Crippen molar-refractivity contribution >= 4 is 21.9 Å². The molecule has 0 N–H and O–H groups in total. The van der Waals surface area contributed by atoms with Crippen molar-refractivity contribution in [2.45, 2.75) is 12.3 Å². The molecule has 1 aliphatic carbocycles. The minimum atomic E-state index is -0.119. The molecule has 0 amide bonds. The van der Waals surface area contributed by atoms with Crippen LogP contribution in [0.3, 0.4) is 0 Å². The molecule has 86 valence electrons. The van der Waals surface area contributed by atoms with E-state index in [1.54, 1.807) is 7.11 Å². The number of methoxy groups -OCH3 is 2. The molecule has 1 aromatic rings. The molecule has 1 saturated carbocycles. The van der Waals surface area contributed by atoms with Crippen LogP contribution in [0.4, 0.5) is 0 Å². The highest BCUT2D eigenvalue weighted by Crippen LogP contribution is 2.49. The van der Waals surface area contributed by atoms with E-state index < -0.39 is 0 Å². The summed E-state index contributed by atoms with van der Waals surface area (Å²) in [6.07, 6.45) is 0.872. The van der Waals surface area contributed by atoms with Gasteiger partial charge in [0.1, 0.15) is 5.75 Å². The van der Waals surface area contributed by atoms with E-state index in [2.05, 4.69) is 15.9 Å². The van der Waals surface area contributed by atoms with Crippen molar-refractivity contribution in [3.63, 3.8) is 0 Å². The lowest BCUT2D eigenvalue weighted by molar-refractivity contribution is -0.142. The summed E-state index contributed by atoms with van der Waals surface area (Å²) < 4.78 is 10.9. The normalized spacial score (nSPS) is 22.7. The van der Waals surface area contributed by atoms with E-state index in [0.717, 1.165) is 22.2 Å². The Labute approximate surface area is 103 Å². The standard InChI is InChI=1S/C12H13BrO3/c1-15-11-5-7(3-4-10(11)13)8-6-9(8)12(14)16-2/h3-5,8-9H,6H2,1-2H3. The third-order valence-corrected chi connectivity index (χ3v) is 3.55. The van der Waals surface area contributed by atoms with Gasteiger partial charge in [-0.2, -0.15) is 0 Å². The molecule has 1 aromatic carbocycles. The Bertz CT molecular complexity index is 417. The van der Waals surface area contributed by atoms with Crippen LogP contribution in [0, 0.1) is 5.92 Å². The molecule has 2 atom stereocenters. The number of carbonyl (C=O) groups excluding carboxylic acids is 1. The first kappa shape index (κ1) is 11.5. The third-order valence-electron chi connectivity index (χ3n) is 2.90. The van der Waals surface area contributed by atoms with Gasteiger partial charge in [-0.3, -0.25) is 4.79 Å². The fraction of sp³-hybridized carbons (Fsp3) is 0.417. The maximum Gasteiger partial charge on any atom is 0.309 e.